The minimum atomic E-state index is -1.03. The van der Waals surface area contributed by atoms with E-state index in [4.69, 9.17) is 30.4 Å². The number of hydrogen-bond donors (Lipinski definition) is 3. The van der Waals surface area contributed by atoms with Crippen LogP contribution < -0.4 is 0 Å². The quantitative estimate of drug-likeness (QED) is 0.252. The molecule has 3 N–H and O–H groups in total. The Hall–Kier alpha value is -2.58. The van der Waals surface area contributed by atoms with E-state index in [-0.39, 0.29) is 56.2 Å². The number of rotatable bonds is 13. The highest BCUT2D eigenvalue weighted by Gasteiger charge is 2.35. The first-order valence-corrected chi connectivity index (χ1v) is 8.89. The molecule has 0 aliphatic heterocycles. The molecule has 0 aromatic carbocycles. The van der Waals surface area contributed by atoms with Gasteiger partial charge in [0.25, 0.3) is 0 Å². The summed E-state index contributed by atoms with van der Waals surface area (Å²) in [6.07, 6.45) is 0.967. The molecular formula is C18H29N3O6. The predicted molar refractivity (Wildman–Crippen MR) is 99.7 cm³/mol. The lowest BCUT2D eigenvalue weighted by atomic mass is 9.88. The van der Waals surface area contributed by atoms with Crippen LogP contribution in [-0.2, 0) is 28.6 Å². The Morgan fingerprint density at radius 1 is 0.630 bits per heavy atom. The number of carbonyl (C=O) groups is 3. The molecule has 9 heteroatoms. The van der Waals surface area contributed by atoms with Crippen molar-refractivity contribution in [2.24, 2.45) is 5.41 Å². The third kappa shape index (κ3) is 8.10. The fourth-order valence-corrected chi connectivity index (χ4v) is 1.78. The van der Waals surface area contributed by atoms with Gasteiger partial charge in [-0.2, -0.15) is 0 Å². The number of ether oxygens (including phenoxy) is 3. The zero-order valence-electron chi connectivity index (χ0n) is 16.4. The third-order valence-corrected chi connectivity index (χ3v) is 4.08. The van der Waals surface area contributed by atoms with Crippen LogP contribution in [0.1, 0.15) is 53.4 Å². The molecule has 0 unspecified atom stereocenters. The van der Waals surface area contributed by atoms with Gasteiger partial charge < -0.3 is 14.2 Å². The van der Waals surface area contributed by atoms with Gasteiger partial charge in [-0.15, -0.1) is 0 Å². The van der Waals surface area contributed by atoms with E-state index in [0.717, 1.165) is 0 Å². The molecule has 0 heterocycles. The average Bonchev–Trinajstić information content (AvgIpc) is 2.70. The largest absolute Gasteiger partial charge is 0.460 e. The normalized spacial score (nSPS) is 12.4. The predicted octanol–water partition coefficient (Wildman–Crippen LogP) is 2.30. The summed E-state index contributed by atoms with van der Waals surface area (Å²) in [6.45, 7) is 5.99. The molecule has 0 fully saturated rings. The molecule has 152 valence electrons. The van der Waals surface area contributed by atoms with E-state index in [0.29, 0.717) is 6.42 Å². The first kappa shape index (κ1) is 24.4. The third-order valence-electron chi connectivity index (χ3n) is 4.08. The van der Waals surface area contributed by atoms with E-state index in [1.165, 1.54) is 0 Å². The monoisotopic (exact) mass is 383 g/mol. The Labute approximate surface area is 159 Å². The lowest BCUT2D eigenvalue weighted by Gasteiger charge is -2.31. The van der Waals surface area contributed by atoms with Crippen molar-refractivity contribution in [3.8, 4) is 0 Å². The van der Waals surface area contributed by atoms with Crippen LogP contribution in [-0.4, -0.2) is 54.9 Å². The standard InChI is InChI=1S/C18H29N3O6/c1-5-12(19)15(22)25-9-18(8-4,10-26-16(23)13(20)6-2)11-27-17(24)14(21)7-3/h19-21H,5-11H2,1-4H3. The van der Waals surface area contributed by atoms with Crippen LogP contribution in [0.4, 0.5) is 0 Å². The second-order valence-electron chi connectivity index (χ2n) is 6.08. The molecule has 0 bridgehead atoms. The van der Waals surface area contributed by atoms with Crippen molar-refractivity contribution in [1.82, 2.24) is 0 Å². The molecule has 0 aromatic heterocycles. The van der Waals surface area contributed by atoms with Gasteiger partial charge in [-0.1, -0.05) is 27.7 Å². The maximum Gasteiger partial charge on any atom is 0.351 e. The highest BCUT2D eigenvalue weighted by molar-refractivity contribution is 6.35. The summed E-state index contributed by atoms with van der Waals surface area (Å²) in [6, 6.07) is 0. The van der Waals surface area contributed by atoms with E-state index >= 15 is 0 Å². The van der Waals surface area contributed by atoms with E-state index in [1.54, 1.807) is 27.7 Å². The fraction of sp³-hybridized carbons (Fsp3) is 0.667. The van der Waals surface area contributed by atoms with Gasteiger partial charge in [-0.25, -0.2) is 14.4 Å². The van der Waals surface area contributed by atoms with Crippen LogP contribution in [0.25, 0.3) is 0 Å². The van der Waals surface area contributed by atoms with Gasteiger partial charge >= 0.3 is 17.9 Å². The Balaban J connectivity index is 5.22. The van der Waals surface area contributed by atoms with Crippen molar-refractivity contribution >= 4 is 35.0 Å². The van der Waals surface area contributed by atoms with Crippen LogP contribution in [0, 0.1) is 21.6 Å². The fourth-order valence-electron chi connectivity index (χ4n) is 1.78. The Morgan fingerprint density at radius 2 is 0.889 bits per heavy atom. The minimum absolute atomic E-state index is 0.200. The summed E-state index contributed by atoms with van der Waals surface area (Å²) < 4.78 is 15.4. The molecule has 0 aliphatic carbocycles. The molecule has 0 aromatic rings. The molecule has 0 saturated carbocycles. The van der Waals surface area contributed by atoms with Gasteiger partial charge in [-0.05, 0) is 25.7 Å². The van der Waals surface area contributed by atoms with Gasteiger partial charge in [0, 0.05) is 0 Å². The maximum absolute atomic E-state index is 11.8. The smallest absolute Gasteiger partial charge is 0.351 e. The molecule has 0 radical (unpaired) electrons. The molecule has 0 amide bonds. The van der Waals surface area contributed by atoms with Crippen molar-refractivity contribution in [2.75, 3.05) is 19.8 Å². The van der Waals surface area contributed by atoms with Crippen molar-refractivity contribution in [3.05, 3.63) is 0 Å². The minimum Gasteiger partial charge on any atom is -0.460 e. The highest BCUT2D eigenvalue weighted by atomic mass is 16.6. The first-order chi connectivity index (χ1) is 12.7. The molecule has 0 spiro atoms. The zero-order valence-corrected chi connectivity index (χ0v) is 16.4. The topological polar surface area (TPSA) is 150 Å². The lowest BCUT2D eigenvalue weighted by Crippen LogP contribution is -2.40. The number of hydrogen-bond acceptors (Lipinski definition) is 9. The second-order valence-corrected chi connectivity index (χ2v) is 6.08. The molecule has 0 aliphatic rings. The van der Waals surface area contributed by atoms with Crippen molar-refractivity contribution < 1.29 is 28.6 Å². The van der Waals surface area contributed by atoms with Crippen LogP contribution in [0.5, 0.6) is 0 Å². The Morgan fingerprint density at radius 3 is 1.07 bits per heavy atom. The summed E-state index contributed by atoms with van der Waals surface area (Å²) in [5.74, 6) is -2.39. The van der Waals surface area contributed by atoms with Gasteiger partial charge in [0.2, 0.25) is 0 Å². The molecular weight excluding hydrogens is 354 g/mol. The molecule has 0 atom stereocenters. The second kappa shape index (κ2) is 11.9. The van der Waals surface area contributed by atoms with Crippen LogP contribution >= 0.6 is 0 Å². The lowest BCUT2D eigenvalue weighted by molar-refractivity contribution is -0.153. The molecule has 0 saturated heterocycles. The van der Waals surface area contributed by atoms with E-state index in [2.05, 4.69) is 0 Å². The summed E-state index contributed by atoms with van der Waals surface area (Å²) in [5.41, 5.74) is -1.63. The van der Waals surface area contributed by atoms with E-state index < -0.39 is 23.3 Å². The van der Waals surface area contributed by atoms with E-state index in [9.17, 15) is 14.4 Å². The van der Waals surface area contributed by atoms with Gasteiger partial charge in [0.05, 0.1) is 5.41 Å². The van der Waals surface area contributed by atoms with Gasteiger partial charge in [0.15, 0.2) is 0 Å². The van der Waals surface area contributed by atoms with Gasteiger partial charge in [0.1, 0.15) is 37.0 Å². The van der Waals surface area contributed by atoms with Crippen molar-refractivity contribution in [3.63, 3.8) is 0 Å². The van der Waals surface area contributed by atoms with Crippen LogP contribution in [0.2, 0.25) is 0 Å². The number of nitrogens with one attached hydrogen (secondary N) is 3. The number of carbonyl (C=O) groups excluding carboxylic acids is 3. The highest BCUT2D eigenvalue weighted by Crippen LogP contribution is 2.25. The number of esters is 3. The molecule has 27 heavy (non-hydrogen) atoms. The summed E-state index contributed by atoms with van der Waals surface area (Å²) in [4.78, 5) is 35.4. The maximum atomic E-state index is 11.8. The summed E-state index contributed by atoms with van der Waals surface area (Å²) in [5, 5.41) is 22.5. The van der Waals surface area contributed by atoms with Crippen LogP contribution in [0.15, 0.2) is 0 Å². The Bertz CT molecular complexity index is 521. The average molecular weight is 383 g/mol. The zero-order chi connectivity index (χ0) is 21.0. The summed E-state index contributed by atoms with van der Waals surface area (Å²) >= 11 is 0. The molecule has 0 rings (SSSR count). The first-order valence-electron chi connectivity index (χ1n) is 8.89. The SMILES string of the molecule is CCC(=N)C(=O)OCC(CC)(COC(=O)C(=N)CC)COC(=O)C(=N)CC. The molecule has 9 nitrogen and oxygen atoms in total. The Kier molecular flexibility index (Phi) is 10.8. The van der Waals surface area contributed by atoms with Crippen molar-refractivity contribution in [2.45, 2.75) is 53.4 Å². The van der Waals surface area contributed by atoms with Crippen LogP contribution in [0.3, 0.4) is 0 Å². The van der Waals surface area contributed by atoms with Gasteiger partial charge in [-0.3, -0.25) is 16.2 Å². The van der Waals surface area contributed by atoms with E-state index in [1.807, 2.05) is 0 Å². The summed E-state index contributed by atoms with van der Waals surface area (Å²) in [7, 11) is 0. The van der Waals surface area contributed by atoms with Crippen molar-refractivity contribution in [1.29, 1.82) is 16.2 Å².